The number of ether oxygens (including phenoxy) is 1. The van der Waals surface area contributed by atoms with Crippen LogP contribution in [0.4, 0.5) is 0 Å². The molecular weight excluding hydrogens is 236 g/mol. The lowest BCUT2D eigenvalue weighted by Gasteiger charge is -2.23. The zero-order chi connectivity index (χ0) is 14.1. The monoisotopic (exact) mass is 264 g/mol. The summed E-state index contributed by atoms with van der Waals surface area (Å²) in [5, 5.41) is 3.56. The first kappa shape index (κ1) is 16.0. The molecule has 19 heavy (non-hydrogen) atoms. The van der Waals surface area contributed by atoms with Crippen LogP contribution in [0.2, 0.25) is 0 Å². The summed E-state index contributed by atoms with van der Waals surface area (Å²) in [4.78, 5) is 2.22. The van der Waals surface area contributed by atoms with E-state index in [1.807, 2.05) is 6.07 Å². The third kappa shape index (κ3) is 5.62. The van der Waals surface area contributed by atoms with E-state index in [4.69, 9.17) is 4.74 Å². The Balaban J connectivity index is 2.81. The fraction of sp³-hybridized carbons (Fsp3) is 0.625. The van der Waals surface area contributed by atoms with Crippen LogP contribution in [0.3, 0.4) is 0 Å². The number of hydrogen-bond acceptors (Lipinski definition) is 3. The lowest BCUT2D eigenvalue weighted by molar-refractivity contribution is 0.305. The molecule has 3 heteroatoms. The molecule has 0 bridgehead atoms. The summed E-state index contributed by atoms with van der Waals surface area (Å²) in [6, 6.07) is 8.75. The van der Waals surface area contributed by atoms with Crippen LogP contribution in [0, 0.1) is 0 Å². The molecule has 0 heterocycles. The quantitative estimate of drug-likeness (QED) is 0.742. The van der Waals surface area contributed by atoms with Gasteiger partial charge >= 0.3 is 0 Å². The van der Waals surface area contributed by atoms with Gasteiger partial charge in [-0.25, -0.2) is 0 Å². The highest BCUT2D eigenvalue weighted by molar-refractivity contribution is 5.36. The Hall–Kier alpha value is -1.06. The smallest absolute Gasteiger partial charge is 0.124 e. The Bertz CT molecular complexity index is 352. The van der Waals surface area contributed by atoms with Crippen LogP contribution < -0.4 is 10.1 Å². The first-order chi connectivity index (χ1) is 9.19. The summed E-state index contributed by atoms with van der Waals surface area (Å²) in [7, 11) is 4.23. The molecule has 0 aliphatic carbocycles. The van der Waals surface area contributed by atoms with Crippen molar-refractivity contribution in [1.29, 1.82) is 0 Å². The number of benzene rings is 1. The Morgan fingerprint density at radius 3 is 2.58 bits per heavy atom. The Morgan fingerprint density at radius 1 is 1.21 bits per heavy atom. The third-order valence-electron chi connectivity index (χ3n) is 3.07. The van der Waals surface area contributed by atoms with Gasteiger partial charge in [0, 0.05) is 11.6 Å². The highest BCUT2D eigenvalue weighted by atomic mass is 16.5. The summed E-state index contributed by atoms with van der Waals surface area (Å²) < 4.78 is 5.87. The van der Waals surface area contributed by atoms with E-state index in [1.165, 1.54) is 5.56 Å². The van der Waals surface area contributed by atoms with Gasteiger partial charge in [-0.3, -0.25) is 0 Å². The maximum absolute atomic E-state index is 5.87. The van der Waals surface area contributed by atoms with Crippen LogP contribution in [0.25, 0.3) is 0 Å². The molecule has 108 valence electrons. The first-order valence-corrected chi connectivity index (χ1v) is 7.28. The van der Waals surface area contributed by atoms with E-state index in [0.29, 0.717) is 6.04 Å². The second kappa shape index (κ2) is 8.94. The molecule has 1 unspecified atom stereocenters. The number of rotatable bonds is 9. The Morgan fingerprint density at radius 2 is 1.95 bits per heavy atom. The largest absolute Gasteiger partial charge is 0.493 e. The molecule has 1 atom stereocenters. The number of nitrogens with zero attached hydrogens (tertiary/aromatic N) is 1. The first-order valence-electron chi connectivity index (χ1n) is 7.28. The van der Waals surface area contributed by atoms with E-state index >= 15 is 0 Å². The van der Waals surface area contributed by atoms with Crippen molar-refractivity contribution in [2.45, 2.75) is 32.7 Å². The van der Waals surface area contributed by atoms with Crippen molar-refractivity contribution in [3.8, 4) is 5.75 Å². The number of hydrogen-bond donors (Lipinski definition) is 1. The molecule has 0 saturated carbocycles. The average molecular weight is 264 g/mol. The van der Waals surface area contributed by atoms with Gasteiger partial charge < -0.3 is 15.0 Å². The van der Waals surface area contributed by atoms with Crippen molar-refractivity contribution in [3.63, 3.8) is 0 Å². The topological polar surface area (TPSA) is 24.5 Å². The van der Waals surface area contributed by atoms with Crippen LogP contribution in [0.5, 0.6) is 5.75 Å². The van der Waals surface area contributed by atoms with Gasteiger partial charge in [-0.1, -0.05) is 32.0 Å². The van der Waals surface area contributed by atoms with Crippen LogP contribution in [0.1, 0.15) is 38.3 Å². The minimum Gasteiger partial charge on any atom is -0.493 e. The highest BCUT2D eigenvalue weighted by Crippen LogP contribution is 2.27. The molecule has 1 aromatic rings. The predicted molar refractivity (Wildman–Crippen MR) is 81.8 cm³/mol. The van der Waals surface area contributed by atoms with Gasteiger partial charge in [0.2, 0.25) is 0 Å². The summed E-state index contributed by atoms with van der Waals surface area (Å²) >= 11 is 0. The van der Waals surface area contributed by atoms with Gasteiger partial charge in [0.05, 0.1) is 6.61 Å². The number of para-hydroxylation sites is 1. The molecule has 1 N–H and O–H groups in total. The van der Waals surface area contributed by atoms with Gasteiger partial charge in [0.25, 0.3) is 0 Å². The zero-order valence-corrected chi connectivity index (χ0v) is 12.8. The summed E-state index contributed by atoms with van der Waals surface area (Å²) in [5.74, 6) is 1.02. The fourth-order valence-corrected chi connectivity index (χ4v) is 2.11. The molecule has 0 spiro atoms. The van der Waals surface area contributed by atoms with Gasteiger partial charge in [-0.05, 0) is 46.1 Å². The molecule has 0 radical (unpaired) electrons. The van der Waals surface area contributed by atoms with Crippen molar-refractivity contribution in [2.75, 3.05) is 33.8 Å². The molecule has 0 saturated heterocycles. The van der Waals surface area contributed by atoms with Crippen molar-refractivity contribution in [2.24, 2.45) is 0 Å². The van der Waals surface area contributed by atoms with Crippen LogP contribution in [-0.2, 0) is 0 Å². The molecule has 1 aromatic carbocycles. The van der Waals surface area contributed by atoms with Crippen molar-refractivity contribution in [3.05, 3.63) is 29.8 Å². The van der Waals surface area contributed by atoms with E-state index in [1.54, 1.807) is 0 Å². The third-order valence-corrected chi connectivity index (χ3v) is 3.07. The summed E-state index contributed by atoms with van der Waals surface area (Å²) in [6.45, 7) is 7.11. The van der Waals surface area contributed by atoms with E-state index in [9.17, 15) is 0 Å². The van der Waals surface area contributed by atoms with Gasteiger partial charge in [0.1, 0.15) is 5.75 Å². The summed E-state index contributed by atoms with van der Waals surface area (Å²) in [6.07, 6.45) is 2.13. The van der Waals surface area contributed by atoms with E-state index in [-0.39, 0.29) is 0 Å². The van der Waals surface area contributed by atoms with Crippen molar-refractivity contribution in [1.82, 2.24) is 10.2 Å². The van der Waals surface area contributed by atoms with Crippen LogP contribution >= 0.6 is 0 Å². The maximum atomic E-state index is 5.87. The van der Waals surface area contributed by atoms with E-state index in [2.05, 4.69) is 56.4 Å². The normalized spacial score (nSPS) is 12.7. The minimum absolute atomic E-state index is 0.362. The molecule has 0 fully saturated rings. The fourth-order valence-electron chi connectivity index (χ4n) is 2.11. The van der Waals surface area contributed by atoms with E-state index in [0.717, 1.165) is 38.3 Å². The summed E-state index contributed by atoms with van der Waals surface area (Å²) in [5.41, 5.74) is 1.28. The zero-order valence-electron chi connectivity index (χ0n) is 12.8. The lowest BCUT2D eigenvalue weighted by atomic mass is 10.0. The molecule has 0 aromatic heterocycles. The standard InChI is InChI=1S/C16H28N2O/c1-5-13-19-16-10-8-7-9-14(16)15(17-6-2)11-12-18(3)4/h7-10,15,17H,5-6,11-13H2,1-4H3. The SMILES string of the molecule is CCCOc1ccccc1C(CCN(C)C)NCC. The number of nitrogens with one attached hydrogen (secondary N) is 1. The minimum atomic E-state index is 0.362. The highest BCUT2D eigenvalue weighted by Gasteiger charge is 2.15. The van der Waals surface area contributed by atoms with Crippen LogP contribution in [0.15, 0.2) is 24.3 Å². The van der Waals surface area contributed by atoms with Gasteiger partial charge in [0.15, 0.2) is 0 Å². The average Bonchev–Trinajstić information content (AvgIpc) is 2.41. The van der Waals surface area contributed by atoms with Crippen molar-refractivity contribution >= 4 is 0 Å². The van der Waals surface area contributed by atoms with Crippen LogP contribution in [-0.4, -0.2) is 38.7 Å². The second-order valence-electron chi connectivity index (χ2n) is 5.09. The molecule has 3 nitrogen and oxygen atoms in total. The van der Waals surface area contributed by atoms with E-state index < -0.39 is 0 Å². The van der Waals surface area contributed by atoms with Crippen molar-refractivity contribution < 1.29 is 4.74 Å². The molecular formula is C16H28N2O. The Kier molecular flexibility index (Phi) is 7.53. The predicted octanol–water partition coefficient (Wildman–Crippen LogP) is 3.08. The maximum Gasteiger partial charge on any atom is 0.124 e. The molecule has 0 aliphatic heterocycles. The molecule has 1 rings (SSSR count). The Labute approximate surface area is 118 Å². The lowest BCUT2D eigenvalue weighted by Crippen LogP contribution is -2.26. The van der Waals surface area contributed by atoms with Gasteiger partial charge in [-0.2, -0.15) is 0 Å². The second-order valence-corrected chi connectivity index (χ2v) is 5.09. The van der Waals surface area contributed by atoms with Gasteiger partial charge in [-0.15, -0.1) is 0 Å². The molecule has 0 aliphatic rings. The molecule has 0 amide bonds.